The third-order valence-electron chi connectivity index (χ3n) is 10.6. The number of fused-ring (bicyclic) bond motifs is 6. The summed E-state index contributed by atoms with van der Waals surface area (Å²) in [6, 6.07) is 65.8. The van der Waals surface area contributed by atoms with Crippen molar-refractivity contribution in [2.24, 2.45) is 0 Å². The molecule has 0 saturated carbocycles. The number of rotatable bonds is 6. The molecule has 3 heterocycles. The molecule has 11 rings (SSSR count). The lowest BCUT2D eigenvalue weighted by atomic mass is 9.99. The van der Waals surface area contributed by atoms with E-state index in [0.717, 1.165) is 55.3 Å². The minimum absolute atomic E-state index is 0.593. The maximum absolute atomic E-state index is 6.60. The number of thiophene rings is 1. The molecule has 262 valence electrons. The van der Waals surface area contributed by atoms with Crippen LogP contribution in [0.4, 0.5) is 0 Å². The molecule has 0 radical (unpaired) electrons. The Morgan fingerprint density at radius 1 is 0.286 bits per heavy atom. The van der Waals surface area contributed by atoms with Gasteiger partial charge in [-0.25, -0.2) is 15.0 Å². The zero-order valence-corrected chi connectivity index (χ0v) is 30.9. The molecule has 0 amide bonds. The highest BCUT2D eigenvalue weighted by atomic mass is 32.1. The first-order chi connectivity index (χ1) is 27.7. The Morgan fingerprint density at radius 3 is 1.21 bits per heavy atom. The predicted octanol–water partition coefficient (Wildman–Crippen LogP) is 14.1. The van der Waals surface area contributed by atoms with E-state index in [1.807, 2.05) is 47.7 Å². The second-order valence-corrected chi connectivity index (χ2v) is 15.1. The molecule has 3 aromatic heterocycles. The normalized spacial score (nSPS) is 11.6. The average molecular weight is 734 g/mol. The summed E-state index contributed by atoms with van der Waals surface area (Å²) in [4.78, 5) is 14.9. The molecule has 8 aromatic carbocycles. The van der Waals surface area contributed by atoms with Crippen LogP contribution in [0.5, 0.6) is 0 Å². The third-order valence-corrected chi connectivity index (χ3v) is 11.7. The predicted molar refractivity (Wildman–Crippen MR) is 233 cm³/mol. The van der Waals surface area contributed by atoms with Gasteiger partial charge in [-0.2, -0.15) is 0 Å². The summed E-state index contributed by atoms with van der Waals surface area (Å²) in [5, 5.41) is 4.68. The van der Waals surface area contributed by atoms with Crippen molar-refractivity contribution in [3.05, 3.63) is 188 Å². The van der Waals surface area contributed by atoms with Crippen molar-refractivity contribution in [3.63, 3.8) is 0 Å². The highest BCUT2D eigenvalue weighted by Gasteiger charge is 2.16. The molecule has 0 aliphatic carbocycles. The zero-order valence-electron chi connectivity index (χ0n) is 30.1. The van der Waals surface area contributed by atoms with Crippen molar-refractivity contribution >= 4 is 53.4 Å². The number of hydrogen-bond donors (Lipinski definition) is 0. The van der Waals surface area contributed by atoms with Crippen LogP contribution in [0.25, 0.3) is 110 Å². The monoisotopic (exact) mass is 733 g/mol. The zero-order chi connectivity index (χ0) is 37.0. The van der Waals surface area contributed by atoms with Gasteiger partial charge in [0.05, 0.1) is 0 Å². The van der Waals surface area contributed by atoms with Gasteiger partial charge in [0, 0.05) is 47.6 Å². The summed E-state index contributed by atoms with van der Waals surface area (Å²) < 4.78 is 9.18. The molecule has 0 aliphatic heterocycles. The van der Waals surface area contributed by atoms with E-state index < -0.39 is 0 Å². The van der Waals surface area contributed by atoms with E-state index in [4.69, 9.17) is 19.4 Å². The van der Waals surface area contributed by atoms with E-state index in [0.29, 0.717) is 17.5 Å². The van der Waals surface area contributed by atoms with Gasteiger partial charge in [-0.05, 0) is 81.9 Å². The van der Waals surface area contributed by atoms with E-state index >= 15 is 0 Å². The lowest BCUT2D eigenvalue weighted by Gasteiger charge is -2.09. The van der Waals surface area contributed by atoms with Gasteiger partial charge in [0.15, 0.2) is 17.5 Å². The van der Waals surface area contributed by atoms with E-state index in [1.165, 1.54) is 36.9 Å². The Bertz CT molecular complexity index is 3230. The van der Waals surface area contributed by atoms with Gasteiger partial charge in [-0.3, -0.25) is 0 Å². The molecule has 4 nitrogen and oxygen atoms in total. The van der Waals surface area contributed by atoms with E-state index in [1.54, 1.807) is 0 Å². The number of aromatic nitrogens is 3. The van der Waals surface area contributed by atoms with Crippen LogP contribution in [-0.2, 0) is 0 Å². The molecule has 11 aromatic rings. The number of nitrogens with zero attached hydrogens (tertiary/aromatic N) is 3. The maximum Gasteiger partial charge on any atom is 0.164 e. The second-order valence-electron chi connectivity index (χ2n) is 14.0. The second kappa shape index (κ2) is 13.3. The molecule has 0 bridgehead atoms. The summed E-state index contributed by atoms with van der Waals surface area (Å²) in [7, 11) is 0. The smallest absolute Gasteiger partial charge is 0.164 e. The van der Waals surface area contributed by atoms with Gasteiger partial charge >= 0.3 is 0 Å². The van der Waals surface area contributed by atoms with Crippen LogP contribution in [-0.4, -0.2) is 15.0 Å². The molecule has 56 heavy (non-hydrogen) atoms. The molecule has 0 spiro atoms. The largest absolute Gasteiger partial charge is 0.456 e. The molecular weight excluding hydrogens is 703 g/mol. The Balaban J connectivity index is 0.970. The van der Waals surface area contributed by atoms with Crippen molar-refractivity contribution in [2.75, 3.05) is 0 Å². The Kier molecular flexibility index (Phi) is 7.64. The first kappa shape index (κ1) is 32.2. The number of benzene rings is 8. The van der Waals surface area contributed by atoms with Crippen LogP contribution < -0.4 is 0 Å². The lowest BCUT2D eigenvalue weighted by molar-refractivity contribution is 0.669. The summed E-state index contributed by atoms with van der Waals surface area (Å²) >= 11 is 1.84. The van der Waals surface area contributed by atoms with E-state index in [-0.39, 0.29) is 0 Å². The molecule has 0 unspecified atom stereocenters. The van der Waals surface area contributed by atoms with Crippen LogP contribution in [0.1, 0.15) is 0 Å². The first-order valence-corrected chi connectivity index (χ1v) is 19.5. The summed E-state index contributed by atoms with van der Waals surface area (Å²) in [6.45, 7) is 0. The van der Waals surface area contributed by atoms with E-state index in [9.17, 15) is 0 Å². The fraction of sp³-hybridized carbons (Fsp3) is 0. The van der Waals surface area contributed by atoms with Crippen molar-refractivity contribution in [2.45, 2.75) is 0 Å². The summed E-state index contributed by atoms with van der Waals surface area (Å²) in [6.07, 6.45) is 0. The summed E-state index contributed by atoms with van der Waals surface area (Å²) in [5.74, 6) is 1.84. The highest BCUT2D eigenvalue weighted by Crippen LogP contribution is 2.40. The van der Waals surface area contributed by atoms with Gasteiger partial charge < -0.3 is 4.42 Å². The molecule has 0 N–H and O–H groups in total. The van der Waals surface area contributed by atoms with Crippen LogP contribution in [0.2, 0.25) is 0 Å². The molecule has 5 heteroatoms. The fourth-order valence-electron chi connectivity index (χ4n) is 7.66. The van der Waals surface area contributed by atoms with Crippen molar-refractivity contribution in [3.8, 4) is 67.5 Å². The highest BCUT2D eigenvalue weighted by molar-refractivity contribution is 7.25. The van der Waals surface area contributed by atoms with Gasteiger partial charge in [0.25, 0.3) is 0 Å². The topological polar surface area (TPSA) is 51.8 Å². The van der Waals surface area contributed by atoms with Crippen LogP contribution in [0.3, 0.4) is 0 Å². The van der Waals surface area contributed by atoms with Gasteiger partial charge in [-0.1, -0.05) is 140 Å². The average Bonchev–Trinajstić information content (AvgIpc) is 3.84. The molecule has 0 aliphatic rings. The molecule has 0 fully saturated rings. The van der Waals surface area contributed by atoms with Crippen LogP contribution >= 0.6 is 11.3 Å². The third kappa shape index (κ3) is 5.74. The molecular formula is C51H31N3OS. The van der Waals surface area contributed by atoms with E-state index in [2.05, 4.69) is 152 Å². The molecule has 0 saturated heterocycles. The Hall–Kier alpha value is -7.21. The summed E-state index contributed by atoms with van der Waals surface area (Å²) in [5.41, 5.74) is 11.4. The van der Waals surface area contributed by atoms with Gasteiger partial charge in [0.1, 0.15) is 11.2 Å². The lowest BCUT2D eigenvalue weighted by Crippen LogP contribution is -2.00. The minimum atomic E-state index is 0.593. The maximum atomic E-state index is 6.60. The van der Waals surface area contributed by atoms with Gasteiger partial charge in [-0.15, -0.1) is 11.3 Å². The van der Waals surface area contributed by atoms with Crippen LogP contribution in [0, 0.1) is 0 Å². The number of furan rings is 1. The number of hydrogen-bond acceptors (Lipinski definition) is 5. The van der Waals surface area contributed by atoms with Crippen molar-refractivity contribution in [1.82, 2.24) is 15.0 Å². The Labute approximate surface area is 327 Å². The Morgan fingerprint density at radius 2 is 0.643 bits per heavy atom. The minimum Gasteiger partial charge on any atom is -0.456 e. The van der Waals surface area contributed by atoms with Crippen molar-refractivity contribution in [1.29, 1.82) is 0 Å². The SMILES string of the molecule is c1ccc(-c2ccc(-c3nc(-c4ccccc4)nc(-c4ccc5c(c4)oc4cc(-c6ccc7sc8ccc(-c9ccccc9)cc8c7c6)ccc45)n3)cc2)cc1. The van der Waals surface area contributed by atoms with Gasteiger partial charge in [0.2, 0.25) is 0 Å². The van der Waals surface area contributed by atoms with Crippen molar-refractivity contribution < 1.29 is 4.42 Å². The quantitative estimate of drug-likeness (QED) is 0.171. The van der Waals surface area contributed by atoms with Crippen LogP contribution in [0.15, 0.2) is 192 Å². The molecule has 0 atom stereocenters. The standard InChI is InChI=1S/C51H31N3OS/c1-4-10-32(11-5-1)34-16-18-36(19-17-34)50-52-49(35-14-8-3-9-15-35)53-51(54-50)40-21-25-42-41-24-20-39(30-45(41)55-46(42)31-40)38-23-27-48-44(29-38)43-28-37(22-26-47(43)56-48)33-12-6-2-7-13-33/h1-31H. The fourth-order valence-corrected chi connectivity index (χ4v) is 8.72. The first-order valence-electron chi connectivity index (χ1n) is 18.7.